The summed E-state index contributed by atoms with van der Waals surface area (Å²) < 4.78 is 0.760. The third-order valence-electron chi connectivity index (χ3n) is 3.23. The summed E-state index contributed by atoms with van der Waals surface area (Å²) in [6.07, 6.45) is 0.972. The minimum Gasteiger partial charge on any atom is -0.296 e. The number of nitrogens with one attached hydrogen (secondary N) is 1. The average molecular weight is 354 g/mol. The Hall–Kier alpha value is -1.27. The summed E-state index contributed by atoms with van der Waals surface area (Å²) in [4.78, 5) is 12.2. The van der Waals surface area contributed by atoms with Gasteiger partial charge in [-0.15, -0.1) is 10.2 Å². The van der Waals surface area contributed by atoms with Crippen molar-refractivity contribution in [3.8, 4) is 0 Å². The maximum absolute atomic E-state index is 12.2. The molecule has 2 aromatic rings. The molecule has 1 aromatic carbocycles. The van der Waals surface area contributed by atoms with E-state index in [0.717, 1.165) is 15.9 Å². The predicted octanol–water partition coefficient (Wildman–Crippen LogP) is 4.24. The van der Waals surface area contributed by atoms with Gasteiger partial charge in [-0.2, -0.15) is 0 Å². The molecule has 0 saturated heterocycles. The summed E-state index contributed by atoms with van der Waals surface area (Å²) in [5.41, 5.74) is 0.563. The molecule has 2 rings (SSSR count). The van der Waals surface area contributed by atoms with Crippen LogP contribution in [0.2, 0.25) is 0 Å². The first kappa shape index (κ1) is 15.1. The van der Waals surface area contributed by atoms with Crippen LogP contribution < -0.4 is 5.32 Å². The number of aromatic nitrogens is 2. The molecule has 0 bridgehead atoms. The van der Waals surface area contributed by atoms with Crippen molar-refractivity contribution in [1.82, 2.24) is 10.2 Å². The molecule has 1 aromatic heterocycles. The number of anilines is 1. The SMILES string of the molecule is CCC(C)(C)c1nnc(NC(=O)c2ccccc2Br)s1. The minimum absolute atomic E-state index is 0.0199. The Morgan fingerprint density at radius 2 is 2.05 bits per heavy atom. The van der Waals surface area contributed by atoms with Crippen LogP contribution in [-0.2, 0) is 5.41 Å². The Bertz CT molecular complexity index is 624. The fourth-order valence-corrected chi connectivity index (χ4v) is 2.88. The first-order valence-electron chi connectivity index (χ1n) is 6.34. The third-order valence-corrected chi connectivity index (χ3v) is 5.12. The number of hydrogen-bond donors (Lipinski definition) is 1. The van der Waals surface area contributed by atoms with Gasteiger partial charge in [-0.25, -0.2) is 0 Å². The Labute approximate surface area is 130 Å². The van der Waals surface area contributed by atoms with Crippen molar-refractivity contribution in [2.45, 2.75) is 32.6 Å². The number of halogens is 1. The highest BCUT2D eigenvalue weighted by Crippen LogP contribution is 2.31. The van der Waals surface area contributed by atoms with Crippen molar-refractivity contribution >= 4 is 38.3 Å². The van der Waals surface area contributed by atoms with Crippen molar-refractivity contribution < 1.29 is 4.79 Å². The summed E-state index contributed by atoms with van der Waals surface area (Å²) in [6, 6.07) is 7.29. The molecule has 0 spiro atoms. The van der Waals surface area contributed by atoms with Gasteiger partial charge in [-0.3, -0.25) is 10.1 Å². The van der Waals surface area contributed by atoms with E-state index in [0.29, 0.717) is 10.7 Å². The standard InChI is InChI=1S/C14H16BrN3OS/c1-4-14(2,3)12-17-18-13(20-12)16-11(19)9-7-5-6-8-10(9)15/h5-8H,4H2,1-3H3,(H,16,18,19). The van der Waals surface area contributed by atoms with E-state index in [4.69, 9.17) is 0 Å². The van der Waals surface area contributed by atoms with Crippen molar-refractivity contribution in [1.29, 1.82) is 0 Å². The summed E-state index contributed by atoms with van der Waals surface area (Å²) in [6.45, 7) is 6.35. The molecular formula is C14H16BrN3OS. The summed E-state index contributed by atoms with van der Waals surface area (Å²) in [7, 11) is 0. The van der Waals surface area contributed by atoms with Crippen LogP contribution in [0.25, 0.3) is 0 Å². The van der Waals surface area contributed by atoms with Gasteiger partial charge < -0.3 is 0 Å². The highest BCUT2D eigenvalue weighted by molar-refractivity contribution is 9.10. The second-order valence-corrected chi connectivity index (χ2v) is 6.92. The maximum atomic E-state index is 12.2. The predicted molar refractivity (Wildman–Crippen MR) is 85.3 cm³/mol. The van der Waals surface area contributed by atoms with E-state index in [1.165, 1.54) is 11.3 Å². The molecule has 0 atom stereocenters. The zero-order chi connectivity index (χ0) is 14.8. The molecule has 0 aliphatic carbocycles. The lowest BCUT2D eigenvalue weighted by molar-refractivity contribution is 0.102. The number of carbonyl (C=O) groups excluding carboxylic acids is 1. The van der Waals surface area contributed by atoms with Crippen LogP contribution in [0.15, 0.2) is 28.7 Å². The van der Waals surface area contributed by atoms with Gasteiger partial charge in [0.25, 0.3) is 5.91 Å². The van der Waals surface area contributed by atoms with Crippen molar-refractivity contribution in [3.05, 3.63) is 39.3 Å². The highest BCUT2D eigenvalue weighted by Gasteiger charge is 2.23. The third kappa shape index (κ3) is 3.24. The van der Waals surface area contributed by atoms with Gasteiger partial charge in [-0.1, -0.05) is 44.2 Å². The van der Waals surface area contributed by atoms with Crippen LogP contribution in [0.1, 0.15) is 42.6 Å². The van der Waals surface area contributed by atoms with Gasteiger partial charge in [0.2, 0.25) is 5.13 Å². The largest absolute Gasteiger partial charge is 0.296 e. The van der Waals surface area contributed by atoms with Crippen LogP contribution in [0.5, 0.6) is 0 Å². The van der Waals surface area contributed by atoms with Crippen LogP contribution in [0, 0.1) is 0 Å². The Kier molecular flexibility index (Phi) is 4.55. The fraction of sp³-hybridized carbons (Fsp3) is 0.357. The molecule has 1 N–H and O–H groups in total. The van der Waals surface area contributed by atoms with Crippen molar-refractivity contribution in [2.75, 3.05) is 5.32 Å². The molecule has 0 aliphatic heterocycles. The Morgan fingerprint density at radius 3 is 2.70 bits per heavy atom. The summed E-state index contributed by atoms with van der Waals surface area (Å²) >= 11 is 4.79. The molecule has 20 heavy (non-hydrogen) atoms. The van der Waals surface area contributed by atoms with Gasteiger partial charge in [0.1, 0.15) is 5.01 Å². The zero-order valence-corrected chi connectivity index (χ0v) is 14.0. The molecule has 0 unspecified atom stereocenters. The minimum atomic E-state index is -0.186. The van der Waals surface area contributed by atoms with E-state index in [9.17, 15) is 4.79 Å². The first-order chi connectivity index (χ1) is 9.44. The van der Waals surface area contributed by atoms with Crippen LogP contribution >= 0.6 is 27.3 Å². The molecular weight excluding hydrogens is 338 g/mol. The lowest BCUT2D eigenvalue weighted by Crippen LogP contribution is -2.14. The lowest BCUT2D eigenvalue weighted by Gasteiger charge is -2.17. The second-order valence-electron chi connectivity index (χ2n) is 5.08. The van der Waals surface area contributed by atoms with E-state index >= 15 is 0 Å². The maximum Gasteiger partial charge on any atom is 0.258 e. The van der Waals surface area contributed by atoms with E-state index < -0.39 is 0 Å². The summed E-state index contributed by atoms with van der Waals surface area (Å²) in [5.74, 6) is -0.186. The van der Waals surface area contributed by atoms with Gasteiger partial charge in [0.05, 0.1) is 5.56 Å². The number of hydrogen-bond acceptors (Lipinski definition) is 4. The molecule has 1 heterocycles. The van der Waals surface area contributed by atoms with E-state index in [1.54, 1.807) is 6.07 Å². The highest BCUT2D eigenvalue weighted by atomic mass is 79.9. The van der Waals surface area contributed by atoms with E-state index in [2.05, 4.69) is 52.2 Å². The van der Waals surface area contributed by atoms with E-state index in [1.807, 2.05) is 18.2 Å². The van der Waals surface area contributed by atoms with Crippen molar-refractivity contribution in [2.24, 2.45) is 0 Å². The van der Waals surface area contributed by atoms with Gasteiger partial charge in [0, 0.05) is 9.89 Å². The van der Waals surface area contributed by atoms with Gasteiger partial charge in [0.15, 0.2) is 0 Å². The molecule has 0 aliphatic rings. The normalized spacial score (nSPS) is 11.4. The number of nitrogens with zero attached hydrogens (tertiary/aromatic N) is 2. The van der Waals surface area contributed by atoms with E-state index in [-0.39, 0.29) is 11.3 Å². The molecule has 0 fully saturated rings. The van der Waals surface area contributed by atoms with Crippen LogP contribution in [0.4, 0.5) is 5.13 Å². The van der Waals surface area contributed by atoms with Gasteiger partial charge in [-0.05, 0) is 34.5 Å². The monoisotopic (exact) mass is 353 g/mol. The average Bonchev–Trinajstić information content (AvgIpc) is 2.88. The fourth-order valence-electron chi connectivity index (χ4n) is 1.51. The molecule has 4 nitrogen and oxygen atoms in total. The number of amides is 1. The molecule has 6 heteroatoms. The number of benzene rings is 1. The number of rotatable bonds is 4. The second kappa shape index (κ2) is 6.01. The van der Waals surface area contributed by atoms with Crippen LogP contribution in [-0.4, -0.2) is 16.1 Å². The molecule has 0 saturated carbocycles. The van der Waals surface area contributed by atoms with Crippen LogP contribution in [0.3, 0.4) is 0 Å². The smallest absolute Gasteiger partial charge is 0.258 e. The first-order valence-corrected chi connectivity index (χ1v) is 7.95. The van der Waals surface area contributed by atoms with Gasteiger partial charge >= 0.3 is 0 Å². The Balaban J connectivity index is 2.16. The topological polar surface area (TPSA) is 54.9 Å². The number of carbonyl (C=O) groups is 1. The lowest BCUT2D eigenvalue weighted by atomic mass is 9.91. The quantitative estimate of drug-likeness (QED) is 0.894. The summed E-state index contributed by atoms with van der Waals surface area (Å²) in [5, 5.41) is 12.5. The molecule has 0 radical (unpaired) electrons. The van der Waals surface area contributed by atoms with Crippen molar-refractivity contribution in [3.63, 3.8) is 0 Å². The molecule has 106 valence electrons. The zero-order valence-electron chi connectivity index (χ0n) is 11.6. The molecule has 1 amide bonds. The Morgan fingerprint density at radius 1 is 1.35 bits per heavy atom.